The fourth-order valence-electron chi connectivity index (χ4n) is 4.77. The van der Waals surface area contributed by atoms with Crippen molar-refractivity contribution in [3.05, 3.63) is 108 Å². The molecule has 0 aliphatic carbocycles. The van der Waals surface area contributed by atoms with Crippen LogP contribution in [0.15, 0.2) is 84.9 Å². The van der Waals surface area contributed by atoms with E-state index < -0.39 is 0 Å². The minimum Gasteiger partial charge on any atom is -0.497 e. The Morgan fingerprint density at radius 3 is 2.32 bits per heavy atom. The van der Waals surface area contributed by atoms with E-state index in [1.165, 1.54) is 0 Å². The van der Waals surface area contributed by atoms with Gasteiger partial charge >= 0.3 is 5.95 Å². The molecule has 11 heteroatoms. The lowest BCUT2D eigenvalue weighted by atomic mass is 10.1. The van der Waals surface area contributed by atoms with E-state index in [1.807, 2.05) is 90.5 Å². The summed E-state index contributed by atoms with van der Waals surface area (Å²) in [6.45, 7) is 2.37. The second-order valence-corrected chi connectivity index (χ2v) is 9.95. The zero-order valence-electron chi connectivity index (χ0n) is 24.9. The molecule has 44 heavy (non-hydrogen) atoms. The van der Waals surface area contributed by atoms with Crippen molar-refractivity contribution in [2.24, 2.45) is 0 Å². The second-order valence-electron chi connectivity index (χ2n) is 9.95. The van der Waals surface area contributed by atoms with Crippen molar-refractivity contribution in [1.82, 2.24) is 25.0 Å². The summed E-state index contributed by atoms with van der Waals surface area (Å²) in [4.78, 5) is 18.7. The standard InChI is InChI=1S/C33H31N7O4/c1-21-35-30(19-32(36-21)44-31-16-12-24-7-5-6-8-26(24)37-31)40-29(18-23-11-15-27(42-3)28(17-23)43-4)38-33(39-40)34-20-22-9-13-25(41-2)14-10-22/h5-17,19H,18,20H2,1-4H3,(H,34,39)/p+1. The van der Waals surface area contributed by atoms with Gasteiger partial charge in [0.25, 0.3) is 11.6 Å². The predicted octanol–water partition coefficient (Wildman–Crippen LogP) is 5.35. The minimum absolute atomic E-state index is 0.363. The molecule has 6 rings (SSSR count). The summed E-state index contributed by atoms with van der Waals surface area (Å²) >= 11 is 0. The third-order valence-corrected chi connectivity index (χ3v) is 6.96. The topological polar surface area (TPSA) is 120 Å². The number of benzene rings is 3. The van der Waals surface area contributed by atoms with Crippen LogP contribution in [-0.2, 0) is 13.0 Å². The fraction of sp³-hybridized carbons (Fsp3) is 0.182. The molecule has 0 spiro atoms. The number of nitrogens with zero attached hydrogens (tertiary/aromatic N) is 5. The maximum absolute atomic E-state index is 6.11. The molecule has 0 fully saturated rings. The summed E-state index contributed by atoms with van der Waals surface area (Å²) in [5.74, 6) is 5.28. The van der Waals surface area contributed by atoms with Crippen LogP contribution in [0.4, 0.5) is 5.95 Å². The Morgan fingerprint density at radius 2 is 1.52 bits per heavy atom. The van der Waals surface area contributed by atoms with Crippen molar-refractivity contribution in [1.29, 1.82) is 0 Å². The first kappa shape index (κ1) is 28.4. The van der Waals surface area contributed by atoms with Crippen molar-refractivity contribution in [2.75, 3.05) is 26.6 Å². The van der Waals surface area contributed by atoms with Crippen LogP contribution in [0.5, 0.6) is 29.0 Å². The number of aromatic nitrogens is 6. The molecule has 11 nitrogen and oxygen atoms in total. The van der Waals surface area contributed by atoms with Crippen LogP contribution in [0.1, 0.15) is 22.8 Å². The van der Waals surface area contributed by atoms with Crippen LogP contribution in [-0.4, -0.2) is 46.4 Å². The summed E-state index contributed by atoms with van der Waals surface area (Å²) in [6.07, 6.45) is 0.479. The fourth-order valence-corrected chi connectivity index (χ4v) is 4.77. The number of aromatic amines is 1. The van der Waals surface area contributed by atoms with Crippen LogP contribution in [0.3, 0.4) is 0 Å². The van der Waals surface area contributed by atoms with Crippen LogP contribution in [0, 0.1) is 6.92 Å². The Hall–Kier alpha value is -5.71. The van der Waals surface area contributed by atoms with Gasteiger partial charge in [-0.05, 0) is 47.5 Å². The number of rotatable bonds is 11. The number of fused-ring (bicyclic) bond motifs is 1. The smallest absolute Gasteiger partial charge is 0.304 e. The number of para-hydroxylation sites is 1. The van der Waals surface area contributed by atoms with E-state index in [0.717, 1.165) is 27.8 Å². The average molecular weight is 591 g/mol. The highest BCUT2D eigenvalue weighted by molar-refractivity contribution is 5.78. The van der Waals surface area contributed by atoms with Gasteiger partial charge in [0, 0.05) is 24.9 Å². The molecule has 0 aliphatic heterocycles. The highest BCUT2D eigenvalue weighted by Crippen LogP contribution is 2.28. The molecule has 3 aromatic carbocycles. The summed E-state index contributed by atoms with van der Waals surface area (Å²) in [5, 5.41) is 7.77. The van der Waals surface area contributed by atoms with Crippen LogP contribution in [0.2, 0.25) is 0 Å². The van der Waals surface area contributed by atoms with E-state index >= 15 is 0 Å². The quantitative estimate of drug-likeness (QED) is 0.192. The summed E-state index contributed by atoms with van der Waals surface area (Å²) in [6, 6.07) is 27.1. The van der Waals surface area contributed by atoms with Gasteiger partial charge in [0.15, 0.2) is 11.5 Å². The number of pyridine rings is 1. The molecular formula is C33H32N7O4+. The highest BCUT2D eigenvalue weighted by atomic mass is 16.5. The van der Waals surface area contributed by atoms with Gasteiger partial charge in [-0.25, -0.2) is 4.98 Å². The minimum atomic E-state index is 0.363. The van der Waals surface area contributed by atoms with Gasteiger partial charge in [0.2, 0.25) is 17.6 Å². The summed E-state index contributed by atoms with van der Waals surface area (Å²) in [5.41, 5.74) is 2.89. The molecule has 0 unspecified atom stereocenters. The molecular weight excluding hydrogens is 558 g/mol. The molecule has 0 atom stereocenters. The maximum Gasteiger partial charge on any atom is 0.304 e. The number of anilines is 1. The molecule has 0 saturated carbocycles. The summed E-state index contributed by atoms with van der Waals surface area (Å²) in [7, 11) is 4.88. The largest absolute Gasteiger partial charge is 0.497 e. The number of hydrogen-bond donors (Lipinski definition) is 2. The van der Waals surface area contributed by atoms with Crippen molar-refractivity contribution < 1.29 is 23.6 Å². The normalized spacial score (nSPS) is 10.9. The average Bonchev–Trinajstić information content (AvgIpc) is 3.46. The van der Waals surface area contributed by atoms with E-state index in [1.54, 1.807) is 27.4 Å². The van der Waals surface area contributed by atoms with E-state index in [0.29, 0.717) is 59.6 Å². The maximum atomic E-state index is 6.11. The first-order valence-electron chi connectivity index (χ1n) is 14.0. The Balaban J connectivity index is 1.33. The predicted molar refractivity (Wildman–Crippen MR) is 165 cm³/mol. The lowest BCUT2D eigenvalue weighted by Crippen LogP contribution is -2.38. The monoisotopic (exact) mass is 590 g/mol. The van der Waals surface area contributed by atoms with Gasteiger partial charge < -0.3 is 24.3 Å². The van der Waals surface area contributed by atoms with E-state index in [9.17, 15) is 0 Å². The molecule has 0 amide bonds. The van der Waals surface area contributed by atoms with Gasteiger partial charge in [-0.15, -0.1) is 4.68 Å². The number of nitrogens with one attached hydrogen (secondary N) is 2. The van der Waals surface area contributed by atoms with E-state index in [-0.39, 0.29) is 0 Å². The first-order valence-corrected chi connectivity index (χ1v) is 14.0. The third-order valence-electron chi connectivity index (χ3n) is 6.96. The number of ether oxygens (including phenoxy) is 4. The Morgan fingerprint density at radius 1 is 0.727 bits per heavy atom. The zero-order chi connectivity index (χ0) is 30.5. The molecule has 0 saturated heterocycles. The van der Waals surface area contributed by atoms with Crippen molar-refractivity contribution in [3.63, 3.8) is 0 Å². The lowest BCUT2D eigenvalue weighted by Gasteiger charge is -2.08. The molecule has 0 aliphatic rings. The molecule has 3 heterocycles. The first-order chi connectivity index (χ1) is 21.5. The molecule has 0 radical (unpaired) electrons. The van der Waals surface area contributed by atoms with E-state index in [2.05, 4.69) is 20.4 Å². The molecule has 6 aromatic rings. The second kappa shape index (κ2) is 12.7. The van der Waals surface area contributed by atoms with Crippen molar-refractivity contribution in [2.45, 2.75) is 19.9 Å². The lowest BCUT2D eigenvalue weighted by molar-refractivity contribution is -0.666. The van der Waals surface area contributed by atoms with Gasteiger partial charge in [-0.2, -0.15) is 10.1 Å². The van der Waals surface area contributed by atoms with E-state index in [4.69, 9.17) is 28.9 Å². The van der Waals surface area contributed by atoms with Gasteiger partial charge in [0.1, 0.15) is 5.75 Å². The van der Waals surface area contributed by atoms with Crippen LogP contribution < -0.4 is 28.9 Å². The highest BCUT2D eigenvalue weighted by Gasteiger charge is 2.23. The van der Waals surface area contributed by atoms with Gasteiger partial charge in [-0.1, -0.05) is 46.4 Å². The number of aryl methyl sites for hydroxylation is 1. The van der Waals surface area contributed by atoms with Crippen LogP contribution >= 0.6 is 0 Å². The Kier molecular flexibility index (Phi) is 8.17. The molecule has 0 bridgehead atoms. The van der Waals surface area contributed by atoms with Crippen molar-refractivity contribution >= 4 is 16.9 Å². The SMILES string of the molecule is COc1ccc(CNc2nc(Cc3ccc(OC)c(OC)c3)[n+](-c3cc(Oc4ccc5ccccc5n4)nc(C)n3)[nH]2)cc1. The van der Waals surface area contributed by atoms with Gasteiger partial charge in [0.05, 0.1) is 39.3 Å². The van der Waals surface area contributed by atoms with Crippen LogP contribution in [0.25, 0.3) is 16.7 Å². The number of methoxy groups -OCH3 is 3. The summed E-state index contributed by atoms with van der Waals surface area (Å²) < 4.78 is 24.2. The number of H-pyrrole nitrogens is 1. The Labute approximate surface area is 254 Å². The molecule has 2 N–H and O–H groups in total. The molecule has 3 aromatic heterocycles. The zero-order valence-corrected chi connectivity index (χ0v) is 24.9. The molecule has 222 valence electrons. The Bertz CT molecular complexity index is 1910. The van der Waals surface area contributed by atoms with Gasteiger partial charge in [-0.3, -0.25) is 0 Å². The third kappa shape index (κ3) is 6.36. The van der Waals surface area contributed by atoms with Crippen molar-refractivity contribution in [3.8, 4) is 34.8 Å². The number of hydrogen-bond acceptors (Lipinski definition) is 9.